The monoisotopic (exact) mass is 231 g/mol. The van der Waals surface area contributed by atoms with Crippen LogP contribution in [0.4, 0.5) is 0 Å². The zero-order chi connectivity index (χ0) is 8.97. The molecule has 0 unspecified atom stereocenters. The summed E-state index contributed by atoms with van der Waals surface area (Å²) in [5, 5.41) is 8.55. The highest BCUT2D eigenvalue weighted by molar-refractivity contribution is 9.09. The third-order valence-electron chi connectivity index (χ3n) is 1.51. The smallest absolute Gasteiger partial charge is 0.213 e. The lowest BCUT2D eigenvalue weighted by atomic mass is 10.2. The molecule has 0 aliphatic carbocycles. The van der Waals surface area contributed by atoms with Gasteiger partial charge in [-0.3, -0.25) is 0 Å². The van der Waals surface area contributed by atoms with E-state index in [0.717, 1.165) is 6.42 Å². The van der Waals surface area contributed by atoms with E-state index in [9.17, 15) is 0 Å². The van der Waals surface area contributed by atoms with Gasteiger partial charge in [-0.1, -0.05) is 15.9 Å². The molecule has 1 heterocycles. The van der Waals surface area contributed by atoms with Crippen LogP contribution in [0.1, 0.15) is 13.3 Å². The maximum Gasteiger partial charge on any atom is 0.213 e. The van der Waals surface area contributed by atoms with Crippen molar-refractivity contribution in [1.82, 2.24) is 0 Å². The van der Waals surface area contributed by atoms with Crippen LogP contribution >= 0.6 is 15.9 Å². The SMILES string of the molecule is CCO[C@H]1OC(C#N)=CC[C@@H]1Br. The summed E-state index contributed by atoms with van der Waals surface area (Å²) in [5.74, 6) is 0.351. The van der Waals surface area contributed by atoms with Crippen LogP contribution in [0.15, 0.2) is 11.8 Å². The lowest BCUT2D eigenvalue weighted by molar-refractivity contribution is -0.112. The number of allylic oxidation sites excluding steroid dienone is 2. The third-order valence-corrected chi connectivity index (χ3v) is 2.31. The first-order valence-electron chi connectivity index (χ1n) is 3.80. The van der Waals surface area contributed by atoms with Crippen molar-refractivity contribution in [1.29, 1.82) is 5.26 Å². The Bertz CT molecular complexity index is 222. The molecule has 0 saturated carbocycles. The van der Waals surface area contributed by atoms with Crippen LogP contribution in [0.5, 0.6) is 0 Å². The number of hydrogen-bond donors (Lipinski definition) is 0. The molecule has 0 saturated heterocycles. The van der Waals surface area contributed by atoms with E-state index >= 15 is 0 Å². The topological polar surface area (TPSA) is 42.2 Å². The Hall–Kier alpha value is -0.530. The van der Waals surface area contributed by atoms with E-state index in [-0.39, 0.29) is 11.1 Å². The fraction of sp³-hybridized carbons (Fsp3) is 0.625. The molecule has 2 atom stereocenters. The number of rotatable bonds is 2. The summed E-state index contributed by atoms with van der Waals surface area (Å²) >= 11 is 3.41. The Kier molecular flexibility index (Phi) is 3.57. The quantitative estimate of drug-likeness (QED) is 0.683. The Balaban J connectivity index is 2.55. The average Bonchev–Trinajstić information content (AvgIpc) is 2.09. The molecule has 1 aliphatic heterocycles. The Morgan fingerprint density at radius 2 is 2.67 bits per heavy atom. The maximum atomic E-state index is 8.55. The molecule has 0 aromatic heterocycles. The van der Waals surface area contributed by atoms with Crippen LogP contribution in [0.25, 0.3) is 0 Å². The number of nitriles is 1. The Labute approximate surface area is 80.1 Å². The van der Waals surface area contributed by atoms with Crippen molar-refractivity contribution in [3.8, 4) is 6.07 Å². The van der Waals surface area contributed by atoms with Crippen molar-refractivity contribution in [2.45, 2.75) is 24.5 Å². The fourth-order valence-electron chi connectivity index (χ4n) is 0.953. The summed E-state index contributed by atoms with van der Waals surface area (Å²) in [6.07, 6.45) is 2.21. The summed E-state index contributed by atoms with van der Waals surface area (Å²) in [7, 11) is 0. The van der Waals surface area contributed by atoms with Gasteiger partial charge in [-0.05, 0) is 19.4 Å². The second-order valence-electron chi connectivity index (χ2n) is 2.37. The largest absolute Gasteiger partial charge is 0.454 e. The molecule has 12 heavy (non-hydrogen) atoms. The molecule has 1 aliphatic rings. The van der Waals surface area contributed by atoms with E-state index in [1.165, 1.54) is 0 Å². The minimum Gasteiger partial charge on any atom is -0.454 e. The molecule has 0 spiro atoms. The van der Waals surface area contributed by atoms with Crippen LogP contribution in [0, 0.1) is 11.3 Å². The number of ether oxygens (including phenoxy) is 2. The molecule has 0 aromatic carbocycles. The van der Waals surface area contributed by atoms with Gasteiger partial charge in [-0.25, -0.2) is 0 Å². The molecule has 0 aromatic rings. The van der Waals surface area contributed by atoms with Gasteiger partial charge in [0.15, 0.2) is 5.76 Å². The van der Waals surface area contributed by atoms with Crippen molar-refractivity contribution in [3.05, 3.63) is 11.8 Å². The molecule has 66 valence electrons. The summed E-state index contributed by atoms with van der Waals surface area (Å²) in [5.41, 5.74) is 0. The van der Waals surface area contributed by atoms with Crippen molar-refractivity contribution < 1.29 is 9.47 Å². The van der Waals surface area contributed by atoms with Gasteiger partial charge >= 0.3 is 0 Å². The van der Waals surface area contributed by atoms with E-state index in [2.05, 4.69) is 15.9 Å². The molecule has 1 rings (SSSR count). The van der Waals surface area contributed by atoms with Gasteiger partial charge in [0.25, 0.3) is 0 Å². The fourth-order valence-corrected chi connectivity index (χ4v) is 1.40. The lowest BCUT2D eigenvalue weighted by Crippen LogP contribution is -2.29. The Morgan fingerprint density at radius 3 is 3.25 bits per heavy atom. The molecule has 4 heteroatoms. The van der Waals surface area contributed by atoms with Gasteiger partial charge in [0, 0.05) is 6.61 Å². The minimum absolute atomic E-state index is 0.148. The van der Waals surface area contributed by atoms with Crippen molar-refractivity contribution >= 4 is 15.9 Å². The summed E-state index contributed by atoms with van der Waals surface area (Å²) in [6, 6.07) is 1.95. The lowest BCUT2D eigenvalue weighted by Gasteiger charge is -2.25. The molecule has 0 bridgehead atoms. The van der Waals surface area contributed by atoms with Crippen molar-refractivity contribution in [2.75, 3.05) is 6.61 Å². The number of alkyl halides is 1. The van der Waals surface area contributed by atoms with Crippen molar-refractivity contribution in [3.63, 3.8) is 0 Å². The van der Waals surface area contributed by atoms with Crippen LogP contribution in [-0.2, 0) is 9.47 Å². The molecule has 0 fully saturated rings. The number of halogens is 1. The normalized spacial score (nSPS) is 28.6. The van der Waals surface area contributed by atoms with Gasteiger partial charge in [-0.15, -0.1) is 0 Å². The molecule has 0 amide bonds. The van der Waals surface area contributed by atoms with E-state index < -0.39 is 0 Å². The standard InChI is InChI=1S/C8H10BrNO2/c1-2-11-8-7(9)4-3-6(5-10)12-8/h3,7-8H,2,4H2,1H3/t7-,8-/m0/s1. The maximum absolute atomic E-state index is 8.55. The highest BCUT2D eigenvalue weighted by Gasteiger charge is 2.25. The number of nitrogens with zero attached hydrogens (tertiary/aromatic N) is 1. The van der Waals surface area contributed by atoms with Gasteiger partial charge in [0.1, 0.15) is 6.07 Å². The predicted molar refractivity (Wildman–Crippen MR) is 47.5 cm³/mol. The molecular weight excluding hydrogens is 222 g/mol. The van der Waals surface area contributed by atoms with E-state index in [0.29, 0.717) is 12.4 Å². The van der Waals surface area contributed by atoms with Gasteiger partial charge < -0.3 is 9.47 Å². The summed E-state index contributed by atoms with van der Waals surface area (Å²) in [4.78, 5) is 0.148. The minimum atomic E-state index is -0.324. The van der Waals surface area contributed by atoms with E-state index in [1.807, 2.05) is 13.0 Å². The molecular formula is C8H10BrNO2. The zero-order valence-corrected chi connectivity index (χ0v) is 8.37. The Morgan fingerprint density at radius 1 is 1.92 bits per heavy atom. The zero-order valence-electron chi connectivity index (χ0n) is 6.79. The number of hydrogen-bond acceptors (Lipinski definition) is 3. The first-order chi connectivity index (χ1) is 5.77. The molecule has 3 nitrogen and oxygen atoms in total. The molecule has 0 radical (unpaired) electrons. The third kappa shape index (κ3) is 2.23. The van der Waals surface area contributed by atoms with Crippen LogP contribution < -0.4 is 0 Å². The van der Waals surface area contributed by atoms with Gasteiger partial charge in [0.2, 0.25) is 6.29 Å². The second-order valence-corrected chi connectivity index (χ2v) is 3.55. The van der Waals surface area contributed by atoms with Gasteiger partial charge in [0.05, 0.1) is 4.83 Å². The first kappa shape index (κ1) is 9.56. The van der Waals surface area contributed by atoms with Crippen molar-refractivity contribution in [2.24, 2.45) is 0 Å². The van der Waals surface area contributed by atoms with Crippen LogP contribution in [-0.4, -0.2) is 17.7 Å². The van der Waals surface area contributed by atoms with Crippen LogP contribution in [0.2, 0.25) is 0 Å². The molecule has 0 N–H and O–H groups in total. The average molecular weight is 232 g/mol. The summed E-state index contributed by atoms with van der Waals surface area (Å²) in [6.45, 7) is 2.49. The highest BCUT2D eigenvalue weighted by Crippen LogP contribution is 2.23. The highest BCUT2D eigenvalue weighted by atomic mass is 79.9. The van der Waals surface area contributed by atoms with E-state index in [1.54, 1.807) is 6.08 Å². The van der Waals surface area contributed by atoms with Gasteiger partial charge in [-0.2, -0.15) is 5.26 Å². The van der Waals surface area contributed by atoms with E-state index in [4.69, 9.17) is 14.7 Å². The summed E-state index contributed by atoms with van der Waals surface area (Å²) < 4.78 is 10.5. The predicted octanol–water partition coefficient (Wildman–Crippen LogP) is 1.94. The van der Waals surface area contributed by atoms with Crippen LogP contribution in [0.3, 0.4) is 0 Å². The first-order valence-corrected chi connectivity index (χ1v) is 4.72. The second kappa shape index (κ2) is 4.48.